The molecule has 1 aliphatic rings. The number of fused-ring (bicyclic) bond motifs is 1. The van der Waals surface area contributed by atoms with Gasteiger partial charge in [0, 0.05) is 11.8 Å². The maximum Gasteiger partial charge on any atom is 0.265 e. The fourth-order valence-electron chi connectivity index (χ4n) is 2.98. The second-order valence-electron chi connectivity index (χ2n) is 7.12. The van der Waals surface area contributed by atoms with Crippen molar-refractivity contribution < 1.29 is 23.8 Å². The number of amides is 2. The summed E-state index contributed by atoms with van der Waals surface area (Å²) in [6, 6.07) is 10.7. The van der Waals surface area contributed by atoms with E-state index in [4.69, 9.17) is 14.2 Å². The highest BCUT2D eigenvalue weighted by Crippen LogP contribution is 2.32. The van der Waals surface area contributed by atoms with Crippen LogP contribution in [0.25, 0.3) is 6.08 Å². The molecule has 2 amide bonds. The molecule has 0 fully saturated rings. The van der Waals surface area contributed by atoms with Crippen molar-refractivity contribution >= 4 is 29.3 Å². The SMILES string of the molecule is CCCCOc1ccc(/C=C/C(=O)Nc2ccc3c(c2)NC(=O)[C@@H](C)O3)cc1OCC. The molecule has 164 valence electrons. The number of unbranched alkanes of at least 4 members (excludes halogenated alkanes) is 1. The summed E-state index contributed by atoms with van der Waals surface area (Å²) in [7, 11) is 0. The van der Waals surface area contributed by atoms with Crippen LogP contribution in [-0.4, -0.2) is 31.1 Å². The number of nitrogens with one attached hydrogen (secondary N) is 2. The van der Waals surface area contributed by atoms with Crippen LogP contribution in [-0.2, 0) is 9.59 Å². The molecule has 2 aromatic rings. The number of hydrogen-bond acceptors (Lipinski definition) is 5. The van der Waals surface area contributed by atoms with Gasteiger partial charge in [0.25, 0.3) is 5.91 Å². The van der Waals surface area contributed by atoms with E-state index in [0.717, 1.165) is 18.4 Å². The number of carbonyl (C=O) groups excluding carboxylic acids is 2. The van der Waals surface area contributed by atoms with Crippen molar-refractivity contribution in [3.05, 3.63) is 48.0 Å². The highest BCUT2D eigenvalue weighted by molar-refractivity contribution is 6.03. The van der Waals surface area contributed by atoms with Gasteiger partial charge in [0.05, 0.1) is 18.9 Å². The van der Waals surface area contributed by atoms with Gasteiger partial charge in [-0.05, 0) is 62.2 Å². The summed E-state index contributed by atoms with van der Waals surface area (Å²) < 4.78 is 17.0. The van der Waals surface area contributed by atoms with Crippen molar-refractivity contribution in [2.45, 2.75) is 39.7 Å². The van der Waals surface area contributed by atoms with Crippen LogP contribution in [0.1, 0.15) is 39.2 Å². The predicted octanol–water partition coefficient (Wildman–Crippen LogP) is 4.64. The minimum Gasteiger partial charge on any atom is -0.490 e. The lowest BCUT2D eigenvalue weighted by Gasteiger charge is -2.23. The van der Waals surface area contributed by atoms with Gasteiger partial charge in [-0.1, -0.05) is 19.4 Å². The standard InChI is InChI=1S/C24H28N2O5/c1-4-6-13-30-21-10-7-17(14-22(21)29-5-2)8-12-23(27)25-18-9-11-20-19(15-18)26-24(28)16(3)31-20/h7-12,14-16H,4-6,13H2,1-3H3,(H,25,27)(H,26,28)/b12-8+/t16-/m1/s1. The molecule has 7 heteroatoms. The Morgan fingerprint density at radius 2 is 2.00 bits per heavy atom. The number of carbonyl (C=O) groups is 2. The van der Waals surface area contributed by atoms with Gasteiger partial charge in [0.2, 0.25) is 5.91 Å². The van der Waals surface area contributed by atoms with Crippen molar-refractivity contribution in [3.8, 4) is 17.2 Å². The highest BCUT2D eigenvalue weighted by atomic mass is 16.5. The average Bonchev–Trinajstić information content (AvgIpc) is 2.75. The minimum atomic E-state index is -0.541. The van der Waals surface area contributed by atoms with Gasteiger partial charge < -0.3 is 24.8 Å². The van der Waals surface area contributed by atoms with Gasteiger partial charge >= 0.3 is 0 Å². The first-order valence-corrected chi connectivity index (χ1v) is 10.5. The molecule has 0 saturated heterocycles. The molecular weight excluding hydrogens is 396 g/mol. The third kappa shape index (κ3) is 6.01. The third-order valence-corrected chi connectivity index (χ3v) is 4.63. The van der Waals surface area contributed by atoms with Crippen LogP contribution in [0, 0.1) is 0 Å². The topological polar surface area (TPSA) is 85.9 Å². The van der Waals surface area contributed by atoms with Crippen LogP contribution in [0.3, 0.4) is 0 Å². The summed E-state index contributed by atoms with van der Waals surface area (Å²) in [4.78, 5) is 24.1. The van der Waals surface area contributed by atoms with Crippen molar-refractivity contribution in [2.24, 2.45) is 0 Å². The minimum absolute atomic E-state index is 0.219. The van der Waals surface area contributed by atoms with Gasteiger partial charge in [0.15, 0.2) is 17.6 Å². The lowest BCUT2D eigenvalue weighted by Crippen LogP contribution is -2.34. The summed E-state index contributed by atoms with van der Waals surface area (Å²) in [5.41, 5.74) is 1.91. The largest absolute Gasteiger partial charge is 0.490 e. The zero-order valence-corrected chi connectivity index (χ0v) is 18.1. The molecule has 1 atom stereocenters. The van der Waals surface area contributed by atoms with E-state index in [1.807, 2.05) is 25.1 Å². The number of rotatable bonds is 9. The normalized spacial score (nSPS) is 15.1. The Labute approximate surface area is 182 Å². The summed E-state index contributed by atoms with van der Waals surface area (Å²) in [5, 5.41) is 5.55. The molecule has 0 bridgehead atoms. The summed E-state index contributed by atoms with van der Waals surface area (Å²) >= 11 is 0. The molecule has 3 rings (SSSR count). The first-order chi connectivity index (χ1) is 15.0. The van der Waals surface area contributed by atoms with Crippen LogP contribution in [0.4, 0.5) is 11.4 Å². The molecule has 0 aliphatic carbocycles. The second kappa shape index (κ2) is 10.5. The van der Waals surface area contributed by atoms with E-state index in [2.05, 4.69) is 17.6 Å². The highest BCUT2D eigenvalue weighted by Gasteiger charge is 2.23. The van der Waals surface area contributed by atoms with Gasteiger partial charge in [-0.25, -0.2) is 0 Å². The fourth-order valence-corrected chi connectivity index (χ4v) is 2.98. The first kappa shape index (κ1) is 22.2. The molecule has 0 saturated carbocycles. The van der Waals surface area contributed by atoms with Gasteiger partial charge in [-0.2, -0.15) is 0 Å². The lowest BCUT2D eigenvalue weighted by molar-refractivity contribution is -0.122. The lowest BCUT2D eigenvalue weighted by atomic mass is 10.1. The van der Waals surface area contributed by atoms with E-state index in [0.29, 0.717) is 41.8 Å². The number of ether oxygens (including phenoxy) is 3. The number of anilines is 2. The Balaban J connectivity index is 1.65. The van der Waals surface area contributed by atoms with Crippen LogP contribution in [0.15, 0.2) is 42.5 Å². The third-order valence-electron chi connectivity index (χ3n) is 4.63. The van der Waals surface area contributed by atoms with Crippen LogP contribution in [0.5, 0.6) is 17.2 Å². The molecule has 0 spiro atoms. The monoisotopic (exact) mass is 424 g/mol. The maximum atomic E-state index is 12.3. The average molecular weight is 424 g/mol. The van der Waals surface area contributed by atoms with E-state index in [9.17, 15) is 9.59 Å². The number of hydrogen-bond donors (Lipinski definition) is 2. The van der Waals surface area contributed by atoms with E-state index in [1.165, 1.54) is 6.08 Å². The van der Waals surface area contributed by atoms with Crippen molar-refractivity contribution in [1.82, 2.24) is 0 Å². The molecular formula is C24H28N2O5. The van der Waals surface area contributed by atoms with E-state index >= 15 is 0 Å². The Kier molecular flexibility index (Phi) is 7.54. The zero-order chi connectivity index (χ0) is 22.2. The summed E-state index contributed by atoms with van der Waals surface area (Å²) in [6.07, 6.45) is 4.65. The Hall–Kier alpha value is -3.48. The molecule has 31 heavy (non-hydrogen) atoms. The van der Waals surface area contributed by atoms with Gasteiger partial charge in [0.1, 0.15) is 5.75 Å². The van der Waals surface area contributed by atoms with Crippen LogP contribution in [0.2, 0.25) is 0 Å². The number of benzene rings is 2. The van der Waals surface area contributed by atoms with E-state index in [1.54, 1.807) is 31.2 Å². The van der Waals surface area contributed by atoms with Crippen LogP contribution >= 0.6 is 0 Å². The van der Waals surface area contributed by atoms with Crippen molar-refractivity contribution in [1.29, 1.82) is 0 Å². The Morgan fingerprint density at radius 1 is 1.16 bits per heavy atom. The maximum absolute atomic E-state index is 12.3. The van der Waals surface area contributed by atoms with Crippen molar-refractivity contribution in [2.75, 3.05) is 23.8 Å². The molecule has 7 nitrogen and oxygen atoms in total. The molecule has 1 aliphatic heterocycles. The van der Waals surface area contributed by atoms with Gasteiger partial charge in [-0.15, -0.1) is 0 Å². The Morgan fingerprint density at radius 3 is 2.77 bits per heavy atom. The second-order valence-corrected chi connectivity index (χ2v) is 7.12. The van der Waals surface area contributed by atoms with Crippen LogP contribution < -0.4 is 24.8 Å². The molecule has 2 aromatic carbocycles. The molecule has 0 aromatic heterocycles. The van der Waals surface area contributed by atoms with Gasteiger partial charge in [-0.3, -0.25) is 9.59 Å². The molecule has 0 radical (unpaired) electrons. The fraction of sp³-hybridized carbons (Fsp3) is 0.333. The van der Waals surface area contributed by atoms with E-state index < -0.39 is 6.10 Å². The van der Waals surface area contributed by atoms with Crippen molar-refractivity contribution in [3.63, 3.8) is 0 Å². The molecule has 2 N–H and O–H groups in total. The predicted molar refractivity (Wildman–Crippen MR) is 121 cm³/mol. The Bertz CT molecular complexity index is 970. The smallest absolute Gasteiger partial charge is 0.265 e. The quantitative estimate of drug-likeness (QED) is 0.453. The summed E-state index contributed by atoms with van der Waals surface area (Å²) in [5.74, 6) is 1.41. The molecule has 1 heterocycles. The summed E-state index contributed by atoms with van der Waals surface area (Å²) in [6.45, 7) is 6.87. The molecule has 0 unspecified atom stereocenters. The van der Waals surface area contributed by atoms with E-state index in [-0.39, 0.29) is 11.8 Å². The zero-order valence-electron chi connectivity index (χ0n) is 18.1. The first-order valence-electron chi connectivity index (χ1n) is 10.5.